The molecule has 1 spiro atoms. The van der Waals surface area contributed by atoms with E-state index in [0.29, 0.717) is 48.5 Å². The topological polar surface area (TPSA) is 115 Å². The summed E-state index contributed by atoms with van der Waals surface area (Å²) in [5.74, 6) is 0.663. The van der Waals surface area contributed by atoms with Crippen molar-refractivity contribution in [3.05, 3.63) is 59.8 Å². The Morgan fingerprint density at radius 3 is 2.56 bits per heavy atom. The van der Waals surface area contributed by atoms with Gasteiger partial charge in [0.25, 0.3) is 5.91 Å². The van der Waals surface area contributed by atoms with E-state index >= 15 is 0 Å². The molecule has 2 fully saturated rings. The number of anilines is 1. The number of phenolic OH excluding ortho intramolecular Hbond substituents is 1. The number of imide groups is 1. The molecule has 222 valence electrons. The Hall–Kier alpha value is -4.57. The fourth-order valence-corrected chi connectivity index (χ4v) is 6.90. The van der Waals surface area contributed by atoms with Crippen LogP contribution in [-0.4, -0.2) is 84.6 Å². The summed E-state index contributed by atoms with van der Waals surface area (Å²) in [7, 11) is 3.57. The molecule has 1 aromatic heterocycles. The number of carbonyl (C=O) groups excluding carboxylic acids is 3. The predicted octanol–water partition coefficient (Wildman–Crippen LogP) is 4.09. The molecule has 10 heteroatoms. The number of aromatic hydroxyl groups is 1. The number of hydrogen-bond acceptors (Lipinski definition) is 7. The average Bonchev–Trinajstić information content (AvgIpc) is 3.69. The Balaban J connectivity index is 1.08. The summed E-state index contributed by atoms with van der Waals surface area (Å²) in [5.41, 5.74) is 2.31. The molecule has 43 heavy (non-hydrogen) atoms. The van der Waals surface area contributed by atoms with Gasteiger partial charge in [0.05, 0.1) is 24.8 Å². The van der Waals surface area contributed by atoms with Crippen LogP contribution >= 0.6 is 0 Å². The highest BCUT2D eigenvalue weighted by Gasteiger charge is 2.52. The van der Waals surface area contributed by atoms with E-state index in [9.17, 15) is 19.5 Å². The summed E-state index contributed by atoms with van der Waals surface area (Å²) in [5, 5.41) is 13.1. The molecule has 3 amide bonds. The zero-order valence-electron chi connectivity index (χ0n) is 24.3. The van der Waals surface area contributed by atoms with Gasteiger partial charge in [-0.15, -0.1) is 0 Å². The van der Waals surface area contributed by atoms with Gasteiger partial charge in [-0.25, -0.2) is 0 Å². The van der Waals surface area contributed by atoms with Gasteiger partial charge in [0.2, 0.25) is 11.8 Å². The number of benzene rings is 3. The molecule has 4 heterocycles. The van der Waals surface area contributed by atoms with Gasteiger partial charge >= 0.3 is 0 Å². The lowest BCUT2D eigenvalue weighted by molar-refractivity contribution is -0.142. The minimum Gasteiger partial charge on any atom is -0.507 e. The van der Waals surface area contributed by atoms with Crippen molar-refractivity contribution < 1.29 is 29.0 Å². The largest absolute Gasteiger partial charge is 0.507 e. The Labute approximate surface area is 248 Å². The first-order valence-corrected chi connectivity index (χ1v) is 14.7. The quantitative estimate of drug-likeness (QED) is 0.329. The fourth-order valence-electron chi connectivity index (χ4n) is 6.90. The van der Waals surface area contributed by atoms with Gasteiger partial charge in [-0.05, 0) is 62.5 Å². The summed E-state index contributed by atoms with van der Waals surface area (Å²) in [4.78, 5) is 48.1. The Bertz CT molecular complexity index is 1790. The number of nitrogens with one attached hydrogen (secondary N) is 1. The van der Waals surface area contributed by atoms with Crippen molar-refractivity contribution in [1.82, 2.24) is 14.8 Å². The number of phenols is 1. The third-order valence-corrected chi connectivity index (χ3v) is 9.37. The van der Waals surface area contributed by atoms with E-state index in [1.807, 2.05) is 31.3 Å². The van der Waals surface area contributed by atoms with E-state index in [4.69, 9.17) is 9.47 Å². The summed E-state index contributed by atoms with van der Waals surface area (Å²) in [6.45, 7) is 2.44. The molecule has 2 N–H and O–H groups in total. The third kappa shape index (κ3) is 4.48. The minimum atomic E-state index is -0.573. The van der Waals surface area contributed by atoms with Crippen LogP contribution in [0.1, 0.15) is 35.3 Å². The average molecular weight is 583 g/mol. The second-order valence-corrected chi connectivity index (χ2v) is 11.9. The lowest BCUT2D eigenvalue weighted by atomic mass is 9.77. The Morgan fingerprint density at radius 2 is 1.79 bits per heavy atom. The first kappa shape index (κ1) is 27.3. The molecule has 0 radical (unpaired) electrons. The van der Waals surface area contributed by atoms with Crippen LogP contribution in [0, 0.1) is 5.41 Å². The molecular formula is C33H34N4O6. The molecule has 2 saturated heterocycles. The number of H-pyrrole nitrogens is 1. The molecule has 0 aliphatic carbocycles. The van der Waals surface area contributed by atoms with Crippen molar-refractivity contribution in [2.45, 2.75) is 25.7 Å². The number of ether oxygens (including phenoxy) is 2. The molecule has 3 aromatic carbocycles. The maximum Gasteiger partial charge on any atom is 0.274 e. The summed E-state index contributed by atoms with van der Waals surface area (Å²) in [6, 6.07) is 14.7. The van der Waals surface area contributed by atoms with E-state index in [1.165, 1.54) is 4.90 Å². The second kappa shape index (κ2) is 10.3. The lowest BCUT2D eigenvalue weighted by Crippen LogP contribution is -2.44. The standard InChI is InChI=1S/C33H34N4O6/c1-35-11-8-33(9-12-35)19-30(39)37(32(33)41)13-14-43-29-16-20-15-25(34-24(20)17-28(29)42-2)31(40)36-10-7-22-21-5-3-4-6-23(21)27(38)18-26(22)36/h3-6,15-18,34,38H,7-14,19H2,1-2H3. The van der Waals surface area contributed by atoms with Crippen LogP contribution in [0.3, 0.4) is 0 Å². The van der Waals surface area contributed by atoms with Crippen molar-refractivity contribution in [2.24, 2.45) is 5.41 Å². The highest BCUT2D eigenvalue weighted by atomic mass is 16.5. The van der Waals surface area contributed by atoms with Crippen molar-refractivity contribution >= 4 is 45.1 Å². The van der Waals surface area contributed by atoms with Crippen LogP contribution in [0.15, 0.2) is 48.5 Å². The number of amides is 3. The van der Waals surface area contributed by atoms with Crippen molar-refractivity contribution in [3.63, 3.8) is 0 Å². The number of piperidine rings is 1. The maximum atomic E-state index is 13.7. The van der Waals surface area contributed by atoms with Crippen molar-refractivity contribution in [2.75, 3.05) is 51.8 Å². The number of aromatic amines is 1. The predicted molar refractivity (Wildman–Crippen MR) is 162 cm³/mol. The number of fused-ring (bicyclic) bond motifs is 4. The highest BCUT2D eigenvalue weighted by molar-refractivity contribution is 6.11. The number of carbonyl (C=O) groups is 3. The van der Waals surface area contributed by atoms with Crippen molar-refractivity contribution in [1.29, 1.82) is 0 Å². The molecule has 3 aliphatic rings. The SMILES string of the molecule is COc1cc2[nH]c(C(=O)N3CCc4c3cc(O)c3ccccc43)cc2cc1OCCN1C(=O)CC2(CCN(C)CC2)C1=O. The molecule has 0 bridgehead atoms. The van der Waals surface area contributed by atoms with Gasteiger partial charge in [-0.3, -0.25) is 19.3 Å². The second-order valence-electron chi connectivity index (χ2n) is 11.9. The molecule has 10 nitrogen and oxygen atoms in total. The normalized spacial score (nSPS) is 18.3. The van der Waals surface area contributed by atoms with Crippen LogP contribution in [-0.2, 0) is 16.0 Å². The molecule has 3 aliphatic heterocycles. The van der Waals surface area contributed by atoms with Crippen molar-refractivity contribution in [3.8, 4) is 17.2 Å². The lowest BCUT2D eigenvalue weighted by Gasteiger charge is -2.35. The van der Waals surface area contributed by atoms with E-state index < -0.39 is 5.41 Å². The van der Waals surface area contributed by atoms with E-state index in [1.54, 1.807) is 36.3 Å². The number of rotatable bonds is 6. The summed E-state index contributed by atoms with van der Waals surface area (Å²) < 4.78 is 11.6. The van der Waals surface area contributed by atoms with E-state index in [0.717, 1.165) is 40.5 Å². The van der Waals surface area contributed by atoms with Gasteiger partial charge in [0.1, 0.15) is 18.1 Å². The van der Waals surface area contributed by atoms with Gasteiger partial charge in [0.15, 0.2) is 11.5 Å². The van der Waals surface area contributed by atoms with Gasteiger partial charge in [0, 0.05) is 41.4 Å². The Kier molecular flexibility index (Phi) is 6.54. The van der Waals surface area contributed by atoms with Crippen LogP contribution in [0.2, 0.25) is 0 Å². The van der Waals surface area contributed by atoms with Gasteiger partial charge in [-0.2, -0.15) is 0 Å². The number of nitrogens with zero attached hydrogens (tertiary/aromatic N) is 3. The zero-order valence-corrected chi connectivity index (χ0v) is 24.3. The Morgan fingerprint density at radius 1 is 1.02 bits per heavy atom. The molecule has 0 unspecified atom stereocenters. The minimum absolute atomic E-state index is 0.0878. The first-order valence-electron chi connectivity index (χ1n) is 14.7. The molecule has 0 saturated carbocycles. The van der Waals surface area contributed by atoms with Crippen LogP contribution < -0.4 is 14.4 Å². The summed E-state index contributed by atoms with van der Waals surface area (Å²) in [6.07, 6.45) is 2.37. The van der Waals surface area contributed by atoms with Crippen LogP contribution in [0.4, 0.5) is 5.69 Å². The smallest absolute Gasteiger partial charge is 0.274 e. The molecular weight excluding hydrogens is 548 g/mol. The maximum absolute atomic E-state index is 13.7. The highest BCUT2D eigenvalue weighted by Crippen LogP contribution is 2.43. The van der Waals surface area contributed by atoms with Crippen LogP contribution in [0.5, 0.6) is 17.2 Å². The third-order valence-electron chi connectivity index (χ3n) is 9.37. The number of likely N-dealkylation sites (tertiary alicyclic amines) is 2. The zero-order chi connectivity index (χ0) is 29.9. The van der Waals surface area contributed by atoms with E-state index in [2.05, 4.69) is 9.88 Å². The number of hydrogen-bond donors (Lipinski definition) is 2. The fraction of sp³-hybridized carbons (Fsp3) is 0.364. The first-order chi connectivity index (χ1) is 20.8. The monoisotopic (exact) mass is 582 g/mol. The van der Waals surface area contributed by atoms with Gasteiger partial charge in [-0.1, -0.05) is 24.3 Å². The van der Waals surface area contributed by atoms with E-state index in [-0.39, 0.29) is 43.0 Å². The molecule has 7 rings (SSSR count). The number of methoxy groups -OCH3 is 1. The summed E-state index contributed by atoms with van der Waals surface area (Å²) >= 11 is 0. The van der Waals surface area contributed by atoms with Gasteiger partial charge < -0.3 is 29.4 Å². The molecule has 0 atom stereocenters. The molecule has 4 aromatic rings. The number of aromatic nitrogens is 1. The van der Waals surface area contributed by atoms with Crippen LogP contribution in [0.25, 0.3) is 21.7 Å².